The number of fused-ring (bicyclic) bond motifs is 1. The Kier molecular flexibility index (Phi) is 2.98. The van der Waals surface area contributed by atoms with E-state index in [1.165, 1.54) is 0 Å². The van der Waals surface area contributed by atoms with Gasteiger partial charge in [-0.2, -0.15) is 0 Å². The molecule has 1 saturated heterocycles. The third-order valence-corrected chi connectivity index (χ3v) is 3.91. The first-order valence-corrected chi connectivity index (χ1v) is 6.45. The van der Waals surface area contributed by atoms with Crippen molar-refractivity contribution >= 4 is 17.0 Å². The zero-order chi connectivity index (χ0) is 13.4. The normalized spacial score (nSPS) is 20.8. The Morgan fingerprint density at radius 3 is 3.11 bits per heavy atom. The molecular formula is C14H16N2O3. The van der Waals surface area contributed by atoms with Crippen LogP contribution in [0.4, 0.5) is 0 Å². The molecule has 1 aromatic carbocycles. The van der Waals surface area contributed by atoms with E-state index in [-0.39, 0.29) is 6.04 Å². The minimum atomic E-state index is -0.915. The summed E-state index contributed by atoms with van der Waals surface area (Å²) in [5, 5.41) is 9.31. The number of para-hydroxylation sites is 1. The zero-order valence-electron chi connectivity index (χ0n) is 10.7. The number of aromatic nitrogens is 2. The van der Waals surface area contributed by atoms with Gasteiger partial charge in [0.2, 0.25) is 0 Å². The number of rotatable bonds is 3. The number of hydrogen-bond acceptors (Lipinski definition) is 3. The topological polar surface area (TPSA) is 64.4 Å². The van der Waals surface area contributed by atoms with Crippen LogP contribution in [0.3, 0.4) is 0 Å². The molecule has 1 aromatic heterocycles. The smallest absolute Gasteiger partial charge is 0.337 e. The van der Waals surface area contributed by atoms with Crippen LogP contribution in [0.5, 0.6) is 0 Å². The molecule has 2 heterocycles. The van der Waals surface area contributed by atoms with Gasteiger partial charge in [0.15, 0.2) is 0 Å². The Hall–Kier alpha value is -1.88. The van der Waals surface area contributed by atoms with Crippen LogP contribution in [0.1, 0.15) is 29.7 Å². The van der Waals surface area contributed by atoms with Gasteiger partial charge in [-0.05, 0) is 25.5 Å². The molecule has 0 spiro atoms. The summed E-state index contributed by atoms with van der Waals surface area (Å²) in [5.41, 5.74) is 1.74. The molecule has 1 N–H and O–H groups in total. The third kappa shape index (κ3) is 2.00. The fourth-order valence-corrected chi connectivity index (χ4v) is 2.73. The van der Waals surface area contributed by atoms with Gasteiger partial charge in [0.05, 0.1) is 29.5 Å². The van der Waals surface area contributed by atoms with Crippen molar-refractivity contribution in [3.63, 3.8) is 0 Å². The van der Waals surface area contributed by atoms with E-state index in [1.54, 1.807) is 18.5 Å². The van der Waals surface area contributed by atoms with Gasteiger partial charge in [-0.25, -0.2) is 9.78 Å². The number of carboxylic acids is 1. The number of nitrogens with zero attached hydrogens (tertiary/aromatic N) is 2. The van der Waals surface area contributed by atoms with E-state index >= 15 is 0 Å². The summed E-state index contributed by atoms with van der Waals surface area (Å²) in [5.74, 6) is -0.499. The van der Waals surface area contributed by atoms with Gasteiger partial charge in [0, 0.05) is 18.6 Å². The molecule has 2 aromatic rings. The Morgan fingerprint density at radius 2 is 2.42 bits per heavy atom. The molecule has 19 heavy (non-hydrogen) atoms. The highest BCUT2D eigenvalue weighted by Crippen LogP contribution is 2.30. The molecule has 0 aliphatic carbocycles. The third-order valence-electron chi connectivity index (χ3n) is 3.91. The molecule has 1 aliphatic heterocycles. The first kappa shape index (κ1) is 12.2. The fraction of sp³-hybridized carbons (Fsp3) is 0.429. The van der Waals surface area contributed by atoms with Crippen molar-refractivity contribution in [3.8, 4) is 0 Å². The monoisotopic (exact) mass is 260 g/mol. The SMILES string of the molecule is CC(C1CCOC1)n1cnc2cccc(C(=O)O)c21. The second kappa shape index (κ2) is 4.66. The van der Waals surface area contributed by atoms with E-state index in [0.29, 0.717) is 17.0 Å². The van der Waals surface area contributed by atoms with Gasteiger partial charge < -0.3 is 14.4 Å². The predicted octanol–water partition coefficient (Wildman–Crippen LogP) is 2.33. The van der Waals surface area contributed by atoms with E-state index in [1.807, 2.05) is 10.6 Å². The standard InChI is InChI=1S/C14H16N2O3/c1-9(10-5-6-19-7-10)16-8-15-12-4-2-3-11(13(12)16)14(17)18/h2-4,8-10H,5-7H2,1H3,(H,17,18). The van der Waals surface area contributed by atoms with E-state index in [4.69, 9.17) is 4.74 Å². The summed E-state index contributed by atoms with van der Waals surface area (Å²) in [6, 6.07) is 5.39. The summed E-state index contributed by atoms with van der Waals surface area (Å²) in [4.78, 5) is 15.7. The second-order valence-electron chi connectivity index (χ2n) is 4.99. The van der Waals surface area contributed by atoms with Crippen molar-refractivity contribution in [2.75, 3.05) is 13.2 Å². The van der Waals surface area contributed by atoms with E-state index in [2.05, 4.69) is 11.9 Å². The second-order valence-corrected chi connectivity index (χ2v) is 4.99. The molecule has 0 bridgehead atoms. The number of hydrogen-bond donors (Lipinski definition) is 1. The lowest BCUT2D eigenvalue weighted by Crippen LogP contribution is -2.17. The first-order chi connectivity index (χ1) is 9.18. The maximum atomic E-state index is 11.3. The average molecular weight is 260 g/mol. The molecule has 0 amide bonds. The predicted molar refractivity (Wildman–Crippen MR) is 70.3 cm³/mol. The van der Waals surface area contributed by atoms with Gasteiger partial charge in [0.25, 0.3) is 0 Å². The highest BCUT2D eigenvalue weighted by molar-refractivity contribution is 6.01. The summed E-state index contributed by atoms with van der Waals surface area (Å²) >= 11 is 0. The molecule has 100 valence electrons. The van der Waals surface area contributed by atoms with Gasteiger partial charge in [-0.3, -0.25) is 0 Å². The number of ether oxygens (including phenoxy) is 1. The number of carboxylic acid groups (broad SMARTS) is 1. The maximum Gasteiger partial charge on any atom is 0.337 e. The van der Waals surface area contributed by atoms with Crippen LogP contribution < -0.4 is 0 Å². The number of benzene rings is 1. The van der Waals surface area contributed by atoms with Crippen molar-refractivity contribution in [2.24, 2.45) is 5.92 Å². The molecular weight excluding hydrogens is 244 g/mol. The Balaban J connectivity index is 2.10. The lowest BCUT2D eigenvalue weighted by molar-refractivity contribution is 0.0698. The largest absolute Gasteiger partial charge is 0.478 e. The van der Waals surface area contributed by atoms with Crippen LogP contribution in [-0.2, 0) is 4.74 Å². The minimum Gasteiger partial charge on any atom is -0.478 e. The lowest BCUT2D eigenvalue weighted by Gasteiger charge is -2.20. The molecule has 0 saturated carbocycles. The number of aromatic carboxylic acids is 1. The fourth-order valence-electron chi connectivity index (χ4n) is 2.73. The quantitative estimate of drug-likeness (QED) is 0.920. The van der Waals surface area contributed by atoms with Crippen molar-refractivity contribution in [3.05, 3.63) is 30.1 Å². The van der Waals surface area contributed by atoms with E-state index in [9.17, 15) is 9.90 Å². The van der Waals surface area contributed by atoms with Gasteiger partial charge >= 0.3 is 5.97 Å². The molecule has 2 unspecified atom stereocenters. The highest BCUT2D eigenvalue weighted by atomic mass is 16.5. The summed E-state index contributed by atoms with van der Waals surface area (Å²) in [7, 11) is 0. The van der Waals surface area contributed by atoms with E-state index < -0.39 is 5.97 Å². The first-order valence-electron chi connectivity index (χ1n) is 6.45. The Labute approximate surface area is 110 Å². The van der Waals surface area contributed by atoms with Gasteiger partial charge in [-0.1, -0.05) is 6.07 Å². The summed E-state index contributed by atoms with van der Waals surface area (Å²) in [6.45, 7) is 3.61. The number of carbonyl (C=O) groups is 1. The van der Waals surface area contributed by atoms with Crippen LogP contribution in [0.25, 0.3) is 11.0 Å². The molecule has 1 fully saturated rings. The van der Waals surface area contributed by atoms with Crippen molar-refractivity contribution in [1.82, 2.24) is 9.55 Å². The van der Waals surface area contributed by atoms with Gasteiger partial charge in [-0.15, -0.1) is 0 Å². The van der Waals surface area contributed by atoms with Gasteiger partial charge in [0.1, 0.15) is 0 Å². The molecule has 5 nitrogen and oxygen atoms in total. The molecule has 1 aliphatic rings. The Bertz CT molecular complexity index is 614. The minimum absolute atomic E-state index is 0.188. The maximum absolute atomic E-state index is 11.3. The van der Waals surface area contributed by atoms with Crippen LogP contribution in [0.2, 0.25) is 0 Å². The summed E-state index contributed by atoms with van der Waals surface area (Å²) < 4.78 is 7.39. The zero-order valence-corrected chi connectivity index (χ0v) is 10.7. The summed E-state index contributed by atoms with van der Waals surface area (Å²) in [6.07, 6.45) is 2.75. The van der Waals surface area contributed by atoms with Crippen LogP contribution in [0, 0.1) is 5.92 Å². The Morgan fingerprint density at radius 1 is 1.58 bits per heavy atom. The average Bonchev–Trinajstić information content (AvgIpc) is 3.06. The van der Waals surface area contributed by atoms with Crippen molar-refractivity contribution in [2.45, 2.75) is 19.4 Å². The highest BCUT2D eigenvalue weighted by Gasteiger charge is 2.26. The molecule has 5 heteroatoms. The lowest BCUT2D eigenvalue weighted by atomic mass is 10.00. The van der Waals surface area contributed by atoms with Crippen molar-refractivity contribution in [1.29, 1.82) is 0 Å². The molecule has 3 rings (SSSR count). The van der Waals surface area contributed by atoms with E-state index in [0.717, 1.165) is 25.2 Å². The van der Waals surface area contributed by atoms with Crippen molar-refractivity contribution < 1.29 is 14.6 Å². The van der Waals surface area contributed by atoms with Crippen LogP contribution in [0.15, 0.2) is 24.5 Å². The van der Waals surface area contributed by atoms with Crippen LogP contribution >= 0.6 is 0 Å². The molecule has 0 radical (unpaired) electrons. The molecule has 2 atom stereocenters. The number of imidazole rings is 1. The van der Waals surface area contributed by atoms with Crippen LogP contribution in [-0.4, -0.2) is 33.8 Å².